The molecule has 2 saturated carbocycles. The number of carbonyl (C=O) groups excluding carboxylic acids is 1. The fraction of sp³-hybridized carbons (Fsp3) is 0.552. The molecule has 2 aromatic heterocycles. The Kier molecular flexibility index (Phi) is 8.07. The largest absolute Gasteiger partial charge is 0.481 e. The number of thiazole rings is 1. The minimum absolute atomic E-state index is 0.124. The van der Waals surface area contributed by atoms with Crippen LogP contribution >= 0.6 is 11.3 Å². The Morgan fingerprint density at radius 1 is 1.00 bits per heavy atom. The van der Waals surface area contributed by atoms with Gasteiger partial charge in [0.05, 0.1) is 17.9 Å². The molecule has 6 rings (SSSR count). The third kappa shape index (κ3) is 5.74. The molecule has 3 fully saturated rings. The van der Waals surface area contributed by atoms with Crippen LogP contribution in [0.15, 0.2) is 41.3 Å². The molecule has 1 amide bonds. The van der Waals surface area contributed by atoms with Crippen LogP contribution < -0.4 is 10.1 Å². The van der Waals surface area contributed by atoms with Crippen LogP contribution in [0.1, 0.15) is 62.8 Å². The Labute approximate surface area is 240 Å². The molecule has 1 aromatic carbocycles. The minimum atomic E-state index is -3.57. The summed E-state index contributed by atoms with van der Waals surface area (Å²) in [5.41, 5.74) is 1.54. The summed E-state index contributed by atoms with van der Waals surface area (Å²) in [6, 6.07) is 11.2. The fourth-order valence-corrected chi connectivity index (χ4v) is 8.47. The van der Waals surface area contributed by atoms with Gasteiger partial charge in [0.1, 0.15) is 10.3 Å². The van der Waals surface area contributed by atoms with Crippen molar-refractivity contribution in [1.29, 1.82) is 0 Å². The van der Waals surface area contributed by atoms with Crippen LogP contribution in [0.3, 0.4) is 0 Å². The van der Waals surface area contributed by atoms with E-state index < -0.39 is 10.0 Å². The highest BCUT2D eigenvalue weighted by molar-refractivity contribution is 7.89. The smallest absolute Gasteiger partial charge is 0.243 e. The van der Waals surface area contributed by atoms with Gasteiger partial charge in [-0.1, -0.05) is 55.6 Å². The lowest BCUT2D eigenvalue weighted by molar-refractivity contribution is -0.118. The van der Waals surface area contributed by atoms with Gasteiger partial charge in [-0.25, -0.2) is 18.4 Å². The molecule has 1 atom stereocenters. The molecular weight excluding hydrogens is 546 g/mol. The lowest BCUT2D eigenvalue weighted by Gasteiger charge is -2.42. The van der Waals surface area contributed by atoms with E-state index in [0.29, 0.717) is 51.3 Å². The summed E-state index contributed by atoms with van der Waals surface area (Å²) in [5, 5.41) is 3.51. The third-order valence-corrected chi connectivity index (χ3v) is 11.6. The van der Waals surface area contributed by atoms with Crippen molar-refractivity contribution in [3.05, 3.63) is 42.0 Å². The number of aromatic nitrogens is 2. The zero-order valence-electron chi connectivity index (χ0n) is 22.9. The Morgan fingerprint density at radius 2 is 1.73 bits per heavy atom. The number of pyridine rings is 1. The number of benzene rings is 1. The molecule has 1 aliphatic heterocycles. The molecule has 214 valence electrons. The lowest BCUT2D eigenvalue weighted by atomic mass is 9.87. The third-order valence-electron chi connectivity index (χ3n) is 8.81. The second kappa shape index (κ2) is 11.7. The maximum atomic E-state index is 13.6. The van der Waals surface area contributed by atoms with Crippen LogP contribution in [0, 0.1) is 5.92 Å². The normalized spacial score (nSPS) is 20.4. The van der Waals surface area contributed by atoms with Crippen molar-refractivity contribution in [3.63, 3.8) is 0 Å². The van der Waals surface area contributed by atoms with Crippen LogP contribution in [0.2, 0.25) is 0 Å². The monoisotopic (exact) mass is 583 g/mol. The molecule has 2 aliphatic carbocycles. The predicted molar refractivity (Wildman–Crippen MR) is 156 cm³/mol. The molecule has 1 N–H and O–H groups in total. The number of rotatable bonds is 9. The highest BCUT2D eigenvalue weighted by Crippen LogP contribution is 2.36. The number of ether oxygens (including phenoxy) is 1. The molecule has 3 heterocycles. The standard InChI is InChI=1S/C29H37N5O4S2/c1-38-26-14-13-25-28(31-26)39-29(30-25)32-27(35)24(19-20-5-2-3-6-20)21-9-11-23(12-10-21)40(36,37)34-17-15-33(16-18-34)22-7-4-8-22/h9-14,20,22,24H,2-8,15-19H2,1H3,(H,30,32,35). The van der Waals surface area contributed by atoms with Gasteiger partial charge in [-0.2, -0.15) is 4.31 Å². The van der Waals surface area contributed by atoms with Crippen molar-refractivity contribution in [3.8, 4) is 5.88 Å². The van der Waals surface area contributed by atoms with Gasteiger partial charge in [0.15, 0.2) is 5.13 Å². The van der Waals surface area contributed by atoms with Gasteiger partial charge in [-0.3, -0.25) is 9.69 Å². The van der Waals surface area contributed by atoms with Gasteiger partial charge in [-0.05, 0) is 48.9 Å². The molecule has 1 unspecified atom stereocenters. The number of nitrogens with zero attached hydrogens (tertiary/aromatic N) is 4. The Bertz CT molecular complexity index is 1440. The van der Waals surface area contributed by atoms with Crippen LogP contribution in [-0.4, -0.2) is 72.8 Å². The van der Waals surface area contributed by atoms with Crippen molar-refractivity contribution >= 4 is 42.7 Å². The van der Waals surface area contributed by atoms with E-state index in [1.54, 1.807) is 29.6 Å². The first-order valence-corrected chi connectivity index (χ1v) is 16.6. The number of methoxy groups -OCH3 is 1. The van der Waals surface area contributed by atoms with Crippen molar-refractivity contribution < 1.29 is 17.9 Å². The summed E-state index contributed by atoms with van der Waals surface area (Å²) < 4.78 is 33.7. The zero-order valence-corrected chi connectivity index (χ0v) is 24.6. The van der Waals surface area contributed by atoms with E-state index in [2.05, 4.69) is 20.2 Å². The topological polar surface area (TPSA) is 105 Å². The Hall–Kier alpha value is -2.60. The molecule has 11 heteroatoms. The van der Waals surface area contributed by atoms with Crippen LogP contribution in [-0.2, 0) is 14.8 Å². The number of nitrogens with one attached hydrogen (secondary N) is 1. The van der Waals surface area contributed by atoms with Gasteiger partial charge in [0, 0.05) is 38.3 Å². The summed E-state index contributed by atoms with van der Waals surface area (Å²) in [7, 11) is -2.01. The number of piperazine rings is 1. The van der Waals surface area contributed by atoms with Crippen molar-refractivity contribution in [2.45, 2.75) is 68.2 Å². The van der Waals surface area contributed by atoms with E-state index >= 15 is 0 Å². The molecular formula is C29H37N5O4S2. The molecule has 9 nitrogen and oxygen atoms in total. The van der Waals surface area contributed by atoms with Gasteiger partial charge in [0.2, 0.25) is 21.8 Å². The molecule has 0 spiro atoms. The van der Waals surface area contributed by atoms with Crippen molar-refractivity contribution in [1.82, 2.24) is 19.2 Å². The first-order valence-electron chi connectivity index (χ1n) is 14.4. The lowest BCUT2D eigenvalue weighted by Crippen LogP contribution is -2.53. The van der Waals surface area contributed by atoms with Crippen LogP contribution in [0.4, 0.5) is 5.13 Å². The number of amides is 1. The summed E-state index contributed by atoms with van der Waals surface area (Å²) >= 11 is 1.32. The zero-order chi connectivity index (χ0) is 27.7. The second-order valence-corrected chi connectivity index (χ2v) is 14.1. The molecule has 3 aromatic rings. The van der Waals surface area contributed by atoms with E-state index in [4.69, 9.17) is 4.74 Å². The SMILES string of the molecule is COc1ccc2nc(NC(=O)C(CC3CCCC3)c3ccc(S(=O)(=O)N4CCN(C5CCC5)CC4)cc3)sc2n1. The summed E-state index contributed by atoms with van der Waals surface area (Å²) in [5.74, 6) is 0.469. The number of fused-ring (bicyclic) bond motifs is 1. The number of hydrogen-bond donors (Lipinski definition) is 1. The maximum absolute atomic E-state index is 13.6. The molecule has 0 radical (unpaired) electrons. The van der Waals surface area contributed by atoms with E-state index in [-0.39, 0.29) is 11.8 Å². The molecule has 1 saturated heterocycles. The van der Waals surface area contributed by atoms with Crippen molar-refractivity contribution in [2.75, 3.05) is 38.6 Å². The average molecular weight is 584 g/mol. The Balaban J connectivity index is 1.18. The van der Waals surface area contributed by atoms with Gasteiger partial charge in [-0.15, -0.1) is 0 Å². The van der Waals surface area contributed by atoms with Crippen molar-refractivity contribution in [2.24, 2.45) is 5.92 Å². The van der Waals surface area contributed by atoms with E-state index in [9.17, 15) is 13.2 Å². The molecule has 40 heavy (non-hydrogen) atoms. The van der Waals surface area contributed by atoms with Crippen LogP contribution in [0.25, 0.3) is 10.3 Å². The van der Waals surface area contributed by atoms with Gasteiger partial charge >= 0.3 is 0 Å². The summed E-state index contributed by atoms with van der Waals surface area (Å²) in [6.45, 7) is 2.63. The highest BCUT2D eigenvalue weighted by atomic mass is 32.2. The number of sulfonamides is 1. The number of carbonyl (C=O) groups is 1. The van der Waals surface area contributed by atoms with Gasteiger partial charge < -0.3 is 10.1 Å². The number of hydrogen-bond acceptors (Lipinski definition) is 8. The second-order valence-electron chi connectivity index (χ2n) is 11.2. The molecule has 0 bridgehead atoms. The fourth-order valence-electron chi connectivity index (χ4n) is 6.22. The van der Waals surface area contributed by atoms with E-state index in [1.165, 1.54) is 43.4 Å². The van der Waals surface area contributed by atoms with Gasteiger partial charge in [0.25, 0.3) is 0 Å². The Morgan fingerprint density at radius 3 is 2.38 bits per heavy atom. The average Bonchev–Trinajstić information content (AvgIpc) is 3.60. The quantitative estimate of drug-likeness (QED) is 0.384. The first-order chi connectivity index (χ1) is 19.4. The van der Waals surface area contributed by atoms with E-state index in [1.807, 2.05) is 18.2 Å². The highest BCUT2D eigenvalue weighted by Gasteiger charge is 2.33. The minimum Gasteiger partial charge on any atom is -0.481 e. The van der Waals surface area contributed by atoms with Crippen LogP contribution in [0.5, 0.6) is 5.88 Å². The van der Waals surface area contributed by atoms with E-state index in [0.717, 1.165) is 37.9 Å². The first kappa shape index (κ1) is 27.6. The summed E-state index contributed by atoms with van der Waals surface area (Å²) in [4.78, 5) is 26.0. The summed E-state index contributed by atoms with van der Waals surface area (Å²) in [6.07, 6.45) is 9.09. The predicted octanol–water partition coefficient (Wildman–Crippen LogP) is 4.86. The molecule has 3 aliphatic rings. The number of anilines is 1. The maximum Gasteiger partial charge on any atom is 0.243 e.